The van der Waals surface area contributed by atoms with Gasteiger partial charge in [0.15, 0.2) is 0 Å². The minimum absolute atomic E-state index is 0.336. The van der Waals surface area contributed by atoms with Crippen LogP contribution in [0.1, 0.15) is 71.3 Å². The topological polar surface area (TPSA) is 35.5 Å². The molecule has 0 spiro atoms. The van der Waals surface area contributed by atoms with E-state index in [1.807, 2.05) is 12.1 Å². The molecular formula is C29H42N2O. The molecule has 4 rings (SSSR count). The Bertz CT molecular complexity index is 860. The van der Waals surface area contributed by atoms with Crippen LogP contribution in [0.2, 0.25) is 0 Å². The van der Waals surface area contributed by atoms with Crippen LogP contribution in [0.25, 0.3) is 0 Å². The molecule has 1 aromatic carbocycles. The van der Waals surface area contributed by atoms with Crippen LogP contribution in [0, 0.1) is 17.8 Å². The molecule has 3 heteroatoms. The molecule has 0 radical (unpaired) electrons. The lowest BCUT2D eigenvalue weighted by Gasteiger charge is -2.41. The molecule has 0 amide bonds. The molecule has 0 saturated heterocycles. The maximum absolute atomic E-state index is 9.78. The van der Waals surface area contributed by atoms with Crippen molar-refractivity contribution in [2.45, 2.75) is 84.2 Å². The summed E-state index contributed by atoms with van der Waals surface area (Å²) in [6, 6.07) is 8.88. The molecule has 3 unspecified atom stereocenters. The van der Waals surface area contributed by atoms with Crippen LogP contribution in [0.4, 0.5) is 0 Å². The summed E-state index contributed by atoms with van der Waals surface area (Å²) >= 11 is 0. The molecule has 1 aromatic rings. The Morgan fingerprint density at radius 2 is 1.78 bits per heavy atom. The lowest BCUT2D eigenvalue weighted by Crippen LogP contribution is -2.43. The first kappa shape index (κ1) is 23.2. The lowest BCUT2D eigenvalue weighted by atomic mass is 9.78. The van der Waals surface area contributed by atoms with Crippen LogP contribution in [-0.4, -0.2) is 28.6 Å². The van der Waals surface area contributed by atoms with Gasteiger partial charge in [0.2, 0.25) is 0 Å². The average molecular weight is 435 g/mol. The summed E-state index contributed by atoms with van der Waals surface area (Å²) in [6.45, 7) is 17.1. The van der Waals surface area contributed by atoms with Gasteiger partial charge in [0, 0.05) is 48.3 Å². The van der Waals surface area contributed by atoms with Gasteiger partial charge in [-0.2, -0.15) is 0 Å². The number of aromatic hydroxyl groups is 1. The molecule has 2 aliphatic carbocycles. The molecule has 3 aliphatic rings. The summed E-state index contributed by atoms with van der Waals surface area (Å²) in [6.07, 6.45) is 9.78. The number of benzene rings is 1. The van der Waals surface area contributed by atoms with Crippen molar-refractivity contribution in [3.8, 4) is 5.75 Å². The number of allylic oxidation sites excluding steroid dienone is 1. The van der Waals surface area contributed by atoms with Crippen molar-refractivity contribution in [1.82, 2.24) is 10.2 Å². The number of nitrogens with one attached hydrogen (secondary N) is 1. The molecule has 1 aliphatic heterocycles. The summed E-state index contributed by atoms with van der Waals surface area (Å²) in [7, 11) is 0. The maximum atomic E-state index is 9.78. The largest absolute Gasteiger partial charge is 0.508 e. The first-order valence-corrected chi connectivity index (χ1v) is 12.8. The van der Waals surface area contributed by atoms with Gasteiger partial charge in [-0.05, 0) is 60.4 Å². The fraction of sp³-hybridized carbons (Fsp3) is 0.586. The molecule has 1 fully saturated rings. The first-order chi connectivity index (χ1) is 15.4. The van der Waals surface area contributed by atoms with E-state index in [2.05, 4.69) is 56.3 Å². The molecule has 3 nitrogen and oxygen atoms in total. The number of hydrogen-bond donors (Lipinski definition) is 2. The maximum Gasteiger partial charge on any atom is 0.115 e. The Labute approximate surface area is 195 Å². The van der Waals surface area contributed by atoms with E-state index >= 15 is 0 Å². The van der Waals surface area contributed by atoms with Gasteiger partial charge < -0.3 is 15.3 Å². The van der Waals surface area contributed by atoms with E-state index in [1.165, 1.54) is 60.2 Å². The van der Waals surface area contributed by atoms with E-state index in [-0.39, 0.29) is 0 Å². The standard InChI is InChI=1S/C29H42N2O/c1-6-25-20(4)29-26(16-22-12-14-24(32)15-13-22)27(30-23-10-8-7-9-11-23)17-28(29)31(21(25)5)18-19(2)3/h12-15,19,23,25-27,30,32H,4-11,16-18H2,1-3H3. The van der Waals surface area contributed by atoms with Gasteiger partial charge in [0.25, 0.3) is 0 Å². The molecule has 1 saturated carbocycles. The highest BCUT2D eigenvalue weighted by Crippen LogP contribution is 2.49. The third kappa shape index (κ3) is 4.69. The van der Waals surface area contributed by atoms with Crippen molar-refractivity contribution in [3.05, 3.63) is 65.5 Å². The Morgan fingerprint density at radius 3 is 2.41 bits per heavy atom. The number of phenolic OH excluding ortho intramolecular Hbond substituents is 1. The monoisotopic (exact) mass is 434 g/mol. The van der Waals surface area contributed by atoms with E-state index in [0.717, 1.165) is 25.8 Å². The SMILES string of the molecule is C=C1C2=C(CC(NC3CCCCC3)C2Cc2ccc(O)cc2)N(CC(C)C)C(=C)C1CC. The lowest BCUT2D eigenvalue weighted by molar-refractivity contribution is 0.295. The second kappa shape index (κ2) is 9.87. The molecule has 2 N–H and O–H groups in total. The number of hydrogen-bond acceptors (Lipinski definition) is 3. The fourth-order valence-corrected chi connectivity index (χ4v) is 6.26. The van der Waals surface area contributed by atoms with Gasteiger partial charge in [-0.25, -0.2) is 0 Å². The molecule has 0 bridgehead atoms. The highest BCUT2D eigenvalue weighted by Gasteiger charge is 2.44. The van der Waals surface area contributed by atoms with Crippen molar-refractivity contribution in [2.24, 2.45) is 17.8 Å². The average Bonchev–Trinajstić information content (AvgIpc) is 3.11. The number of nitrogens with zero attached hydrogens (tertiary/aromatic N) is 1. The number of rotatable bonds is 7. The minimum Gasteiger partial charge on any atom is -0.508 e. The van der Waals surface area contributed by atoms with Crippen molar-refractivity contribution in [2.75, 3.05) is 6.54 Å². The summed E-state index contributed by atoms with van der Waals surface area (Å²) in [5, 5.41) is 13.9. The molecule has 3 atom stereocenters. The van der Waals surface area contributed by atoms with Gasteiger partial charge in [0.1, 0.15) is 5.75 Å². The van der Waals surface area contributed by atoms with E-state index in [1.54, 1.807) is 0 Å². The third-order valence-electron chi connectivity index (χ3n) is 7.82. The van der Waals surface area contributed by atoms with E-state index in [4.69, 9.17) is 0 Å². The Kier molecular flexibility index (Phi) is 7.14. The predicted molar refractivity (Wildman–Crippen MR) is 134 cm³/mol. The van der Waals surface area contributed by atoms with Crippen molar-refractivity contribution >= 4 is 0 Å². The molecule has 1 heterocycles. The minimum atomic E-state index is 0.336. The summed E-state index contributed by atoms with van der Waals surface area (Å²) in [5.74, 6) is 1.68. The quantitative estimate of drug-likeness (QED) is 0.509. The van der Waals surface area contributed by atoms with E-state index in [9.17, 15) is 5.11 Å². The van der Waals surface area contributed by atoms with Gasteiger partial charge in [-0.1, -0.05) is 65.3 Å². The van der Waals surface area contributed by atoms with Crippen molar-refractivity contribution in [1.29, 1.82) is 0 Å². The smallest absolute Gasteiger partial charge is 0.115 e. The molecule has 0 aromatic heterocycles. The van der Waals surface area contributed by atoms with Gasteiger partial charge in [0.05, 0.1) is 0 Å². The number of phenols is 1. The summed E-state index contributed by atoms with van der Waals surface area (Å²) in [4.78, 5) is 2.55. The van der Waals surface area contributed by atoms with Crippen LogP contribution in [0.5, 0.6) is 5.75 Å². The zero-order chi connectivity index (χ0) is 22.8. The van der Waals surface area contributed by atoms with E-state index in [0.29, 0.717) is 35.6 Å². The van der Waals surface area contributed by atoms with Gasteiger partial charge in [-0.3, -0.25) is 0 Å². The third-order valence-corrected chi connectivity index (χ3v) is 7.82. The van der Waals surface area contributed by atoms with Gasteiger partial charge >= 0.3 is 0 Å². The highest BCUT2D eigenvalue weighted by atomic mass is 16.3. The zero-order valence-corrected chi connectivity index (χ0v) is 20.4. The van der Waals surface area contributed by atoms with Crippen molar-refractivity contribution < 1.29 is 5.11 Å². The molecule has 32 heavy (non-hydrogen) atoms. The van der Waals surface area contributed by atoms with Gasteiger partial charge in [-0.15, -0.1) is 0 Å². The Morgan fingerprint density at radius 1 is 1.09 bits per heavy atom. The van der Waals surface area contributed by atoms with Crippen molar-refractivity contribution in [3.63, 3.8) is 0 Å². The predicted octanol–water partition coefficient (Wildman–Crippen LogP) is 6.57. The van der Waals surface area contributed by atoms with E-state index < -0.39 is 0 Å². The van der Waals surface area contributed by atoms with Crippen LogP contribution in [-0.2, 0) is 6.42 Å². The fourth-order valence-electron chi connectivity index (χ4n) is 6.26. The van der Waals surface area contributed by atoms with Crippen LogP contribution in [0.3, 0.4) is 0 Å². The molecular weight excluding hydrogens is 392 g/mol. The highest BCUT2D eigenvalue weighted by molar-refractivity contribution is 5.50. The summed E-state index contributed by atoms with van der Waals surface area (Å²) < 4.78 is 0. The Hall–Kier alpha value is -2.00. The van der Waals surface area contributed by atoms with Crippen LogP contribution in [0.15, 0.2) is 60.0 Å². The first-order valence-electron chi connectivity index (χ1n) is 12.8. The molecule has 174 valence electrons. The Balaban J connectivity index is 1.69. The van der Waals surface area contributed by atoms with Crippen LogP contribution < -0.4 is 5.32 Å². The zero-order valence-electron chi connectivity index (χ0n) is 20.4. The second-order valence-corrected chi connectivity index (χ2v) is 10.6. The van der Waals surface area contributed by atoms with Crippen LogP contribution >= 0.6 is 0 Å². The normalized spacial score (nSPS) is 26.9. The second-order valence-electron chi connectivity index (χ2n) is 10.6. The summed E-state index contributed by atoms with van der Waals surface area (Å²) in [5.41, 5.74) is 6.79.